The molecule has 0 aliphatic carbocycles. The third-order valence-electron chi connectivity index (χ3n) is 3.15. The summed E-state index contributed by atoms with van der Waals surface area (Å²) in [5, 5.41) is 13.6. The standard InChI is InChI=1S/C14H13F2N3O2/c1-8-6-17-12(9(2)14(8)19(20)21)7-18-13-10(15)4-3-5-11(13)16/h3-6,18H,7H2,1-2H3. The van der Waals surface area contributed by atoms with E-state index >= 15 is 0 Å². The van der Waals surface area contributed by atoms with Crippen LogP contribution in [-0.2, 0) is 6.54 Å². The smallest absolute Gasteiger partial charge is 0.278 e. The molecule has 1 N–H and O–H groups in total. The Morgan fingerprint density at radius 2 is 1.90 bits per heavy atom. The van der Waals surface area contributed by atoms with Gasteiger partial charge >= 0.3 is 0 Å². The zero-order valence-electron chi connectivity index (χ0n) is 11.5. The third-order valence-corrected chi connectivity index (χ3v) is 3.15. The highest BCUT2D eigenvalue weighted by atomic mass is 19.1. The molecular formula is C14H13F2N3O2. The van der Waals surface area contributed by atoms with Crippen LogP contribution >= 0.6 is 0 Å². The fourth-order valence-electron chi connectivity index (χ4n) is 2.06. The number of rotatable bonds is 4. The van der Waals surface area contributed by atoms with Gasteiger partial charge in [0.25, 0.3) is 5.69 Å². The number of nitrogens with zero attached hydrogens (tertiary/aromatic N) is 2. The molecule has 21 heavy (non-hydrogen) atoms. The highest BCUT2D eigenvalue weighted by Crippen LogP contribution is 2.25. The Kier molecular flexibility index (Phi) is 4.11. The molecule has 2 rings (SSSR count). The molecule has 0 bridgehead atoms. The number of halogens is 2. The Morgan fingerprint density at radius 3 is 2.48 bits per heavy atom. The predicted octanol–water partition coefficient (Wildman–Crippen LogP) is 3.50. The van der Waals surface area contributed by atoms with Crippen LogP contribution in [0.15, 0.2) is 24.4 Å². The fourth-order valence-corrected chi connectivity index (χ4v) is 2.06. The number of pyridine rings is 1. The lowest BCUT2D eigenvalue weighted by molar-refractivity contribution is -0.386. The Morgan fingerprint density at radius 1 is 1.29 bits per heavy atom. The summed E-state index contributed by atoms with van der Waals surface area (Å²) in [6, 6.07) is 3.52. The number of para-hydroxylation sites is 1. The molecule has 7 heteroatoms. The lowest BCUT2D eigenvalue weighted by atomic mass is 10.1. The van der Waals surface area contributed by atoms with Crippen molar-refractivity contribution in [1.82, 2.24) is 4.98 Å². The zero-order valence-corrected chi connectivity index (χ0v) is 11.5. The molecule has 0 saturated carbocycles. The van der Waals surface area contributed by atoms with Gasteiger partial charge in [0.2, 0.25) is 0 Å². The number of anilines is 1. The summed E-state index contributed by atoms with van der Waals surface area (Å²) >= 11 is 0. The number of aromatic nitrogens is 1. The van der Waals surface area contributed by atoms with E-state index in [0.717, 1.165) is 12.1 Å². The Hall–Kier alpha value is -2.57. The molecular weight excluding hydrogens is 280 g/mol. The summed E-state index contributed by atoms with van der Waals surface area (Å²) in [5.41, 5.74) is 0.884. The Balaban J connectivity index is 2.29. The van der Waals surface area contributed by atoms with Crippen LogP contribution in [0.3, 0.4) is 0 Å². The van der Waals surface area contributed by atoms with Gasteiger partial charge in [-0.05, 0) is 26.0 Å². The summed E-state index contributed by atoms with van der Waals surface area (Å²) in [6.45, 7) is 3.14. The van der Waals surface area contributed by atoms with Crippen molar-refractivity contribution in [2.45, 2.75) is 20.4 Å². The third kappa shape index (κ3) is 2.96. The van der Waals surface area contributed by atoms with E-state index in [-0.39, 0.29) is 17.9 Å². The van der Waals surface area contributed by atoms with E-state index in [1.54, 1.807) is 13.8 Å². The maximum atomic E-state index is 13.5. The van der Waals surface area contributed by atoms with Gasteiger partial charge in [-0.2, -0.15) is 0 Å². The number of nitro groups is 1. The first-order valence-electron chi connectivity index (χ1n) is 6.19. The summed E-state index contributed by atoms with van der Waals surface area (Å²) in [7, 11) is 0. The molecule has 0 radical (unpaired) electrons. The quantitative estimate of drug-likeness (QED) is 0.692. The molecule has 0 amide bonds. The van der Waals surface area contributed by atoms with Gasteiger partial charge < -0.3 is 5.32 Å². The molecule has 5 nitrogen and oxygen atoms in total. The van der Waals surface area contributed by atoms with Crippen LogP contribution in [0.4, 0.5) is 20.2 Å². The zero-order chi connectivity index (χ0) is 15.6. The SMILES string of the molecule is Cc1cnc(CNc2c(F)cccc2F)c(C)c1[N+](=O)[O-]. The average Bonchev–Trinajstić information content (AvgIpc) is 2.40. The fraction of sp³-hybridized carbons (Fsp3) is 0.214. The van der Waals surface area contributed by atoms with Gasteiger partial charge in [-0.15, -0.1) is 0 Å². The summed E-state index contributed by atoms with van der Waals surface area (Å²) in [5.74, 6) is -1.46. The van der Waals surface area contributed by atoms with E-state index in [4.69, 9.17) is 0 Å². The van der Waals surface area contributed by atoms with Crippen molar-refractivity contribution in [2.75, 3.05) is 5.32 Å². The summed E-state index contributed by atoms with van der Waals surface area (Å²) in [6.07, 6.45) is 1.37. The topological polar surface area (TPSA) is 68.1 Å². The van der Waals surface area contributed by atoms with Crippen LogP contribution < -0.4 is 5.32 Å². The minimum atomic E-state index is -0.728. The molecule has 1 heterocycles. The van der Waals surface area contributed by atoms with Crippen LogP contribution in [0.2, 0.25) is 0 Å². The van der Waals surface area contributed by atoms with Crippen molar-refractivity contribution in [2.24, 2.45) is 0 Å². The van der Waals surface area contributed by atoms with Gasteiger partial charge in [0.15, 0.2) is 0 Å². The van der Waals surface area contributed by atoms with E-state index in [1.165, 1.54) is 12.3 Å². The monoisotopic (exact) mass is 293 g/mol. The second kappa shape index (κ2) is 5.82. The van der Waals surface area contributed by atoms with Gasteiger partial charge in [-0.3, -0.25) is 15.1 Å². The van der Waals surface area contributed by atoms with E-state index < -0.39 is 16.6 Å². The highest BCUT2D eigenvalue weighted by molar-refractivity contribution is 5.50. The lowest BCUT2D eigenvalue weighted by Crippen LogP contribution is -2.09. The van der Waals surface area contributed by atoms with Crippen molar-refractivity contribution in [3.05, 3.63) is 63.0 Å². The Bertz CT molecular complexity index is 685. The number of nitrogens with one attached hydrogen (secondary N) is 1. The van der Waals surface area contributed by atoms with Gasteiger partial charge in [-0.1, -0.05) is 6.07 Å². The van der Waals surface area contributed by atoms with Crippen LogP contribution in [0.1, 0.15) is 16.8 Å². The molecule has 1 aromatic carbocycles. The van der Waals surface area contributed by atoms with Crippen LogP contribution in [-0.4, -0.2) is 9.91 Å². The second-order valence-electron chi connectivity index (χ2n) is 4.57. The van der Waals surface area contributed by atoms with Crippen LogP contribution in [0.25, 0.3) is 0 Å². The van der Waals surface area contributed by atoms with Crippen molar-refractivity contribution >= 4 is 11.4 Å². The maximum absolute atomic E-state index is 13.5. The highest BCUT2D eigenvalue weighted by Gasteiger charge is 2.19. The van der Waals surface area contributed by atoms with E-state index in [2.05, 4.69) is 10.3 Å². The molecule has 0 aliphatic rings. The molecule has 1 aromatic heterocycles. The first-order chi connectivity index (χ1) is 9.91. The number of benzene rings is 1. The van der Waals surface area contributed by atoms with Crippen molar-refractivity contribution in [3.63, 3.8) is 0 Å². The summed E-state index contributed by atoms with van der Waals surface area (Å²) < 4.78 is 27.0. The molecule has 0 spiro atoms. The normalized spacial score (nSPS) is 10.5. The van der Waals surface area contributed by atoms with Crippen LogP contribution in [0.5, 0.6) is 0 Å². The van der Waals surface area contributed by atoms with Gasteiger partial charge in [0.05, 0.1) is 22.7 Å². The number of aryl methyl sites for hydroxylation is 1. The van der Waals surface area contributed by atoms with Gasteiger partial charge in [0, 0.05) is 11.8 Å². The summed E-state index contributed by atoms with van der Waals surface area (Å²) in [4.78, 5) is 14.6. The minimum Gasteiger partial charge on any atom is -0.375 e. The van der Waals surface area contributed by atoms with Gasteiger partial charge in [-0.25, -0.2) is 8.78 Å². The van der Waals surface area contributed by atoms with E-state index in [9.17, 15) is 18.9 Å². The minimum absolute atomic E-state index is 0.00912. The molecule has 0 atom stereocenters. The molecule has 0 unspecified atom stereocenters. The van der Waals surface area contributed by atoms with Crippen molar-refractivity contribution in [1.29, 1.82) is 0 Å². The molecule has 110 valence electrons. The van der Waals surface area contributed by atoms with E-state index in [0.29, 0.717) is 16.8 Å². The average molecular weight is 293 g/mol. The molecule has 0 fully saturated rings. The van der Waals surface area contributed by atoms with Crippen molar-refractivity contribution < 1.29 is 13.7 Å². The number of hydrogen-bond donors (Lipinski definition) is 1. The lowest BCUT2D eigenvalue weighted by Gasteiger charge is -2.11. The number of hydrogen-bond acceptors (Lipinski definition) is 4. The largest absolute Gasteiger partial charge is 0.375 e. The van der Waals surface area contributed by atoms with Gasteiger partial charge in [0.1, 0.15) is 17.3 Å². The first-order valence-corrected chi connectivity index (χ1v) is 6.19. The van der Waals surface area contributed by atoms with Crippen molar-refractivity contribution in [3.8, 4) is 0 Å². The second-order valence-corrected chi connectivity index (χ2v) is 4.57. The molecule has 0 saturated heterocycles. The molecule has 2 aromatic rings. The van der Waals surface area contributed by atoms with E-state index in [1.807, 2.05) is 0 Å². The molecule has 0 aliphatic heterocycles. The predicted molar refractivity (Wildman–Crippen MR) is 74.1 cm³/mol. The first kappa shape index (κ1) is 14.8. The maximum Gasteiger partial charge on any atom is 0.278 e. The Labute approximate surface area is 119 Å². The van der Waals surface area contributed by atoms with Crippen LogP contribution in [0, 0.1) is 35.6 Å².